The zero-order chi connectivity index (χ0) is 13.2. The van der Waals surface area contributed by atoms with Crippen LogP contribution in [0.3, 0.4) is 0 Å². The highest BCUT2D eigenvalue weighted by Crippen LogP contribution is 2.27. The number of aryl methyl sites for hydroxylation is 1. The predicted molar refractivity (Wildman–Crippen MR) is 80.1 cm³/mol. The van der Waals surface area contributed by atoms with E-state index in [1.165, 1.54) is 16.3 Å². The first-order valence-electron chi connectivity index (χ1n) is 6.28. The smallest absolute Gasteiger partial charge is 0.115 e. The van der Waals surface area contributed by atoms with E-state index in [4.69, 9.17) is 0 Å². The Morgan fingerprint density at radius 3 is 2.47 bits per heavy atom. The second-order valence-electron chi connectivity index (χ2n) is 4.70. The van der Waals surface area contributed by atoms with Gasteiger partial charge in [-0.2, -0.15) is 0 Å². The summed E-state index contributed by atoms with van der Waals surface area (Å²) in [4.78, 5) is 0. The van der Waals surface area contributed by atoms with Gasteiger partial charge in [0, 0.05) is 16.8 Å². The highest BCUT2D eigenvalue weighted by atomic mass is 16.3. The van der Waals surface area contributed by atoms with Gasteiger partial charge in [-0.15, -0.1) is 0 Å². The minimum atomic E-state index is 0.277. The molecule has 3 aromatic rings. The zero-order valence-electron chi connectivity index (χ0n) is 10.7. The number of rotatable bonds is 2. The Labute approximate surface area is 112 Å². The molecule has 94 valence electrons. The fourth-order valence-electron chi connectivity index (χ4n) is 2.20. The number of phenolic OH excluding ortho intramolecular Hbond substituents is 1. The monoisotopic (exact) mass is 249 g/mol. The van der Waals surface area contributed by atoms with Gasteiger partial charge in [0.25, 0.3) is 0 Å². The van der Waals surface area contributed by atoms with Gasteiger partial charge in [0.2, 0.25) is 0 Å². The molecule has 0 amide bonds. The number of hydrogen-bond acceptors (Lipinski definition) is 2. The van der Waals surface area contributed by atoms with Crippen LogP contribution in [0.2, 0.25) is 0 Å². The van der Waals surface area contributed by atoms with Gasteiger partial charge in [-0.3, -0.25) is 0 Å². The van der Waals surface area contributed by atoms with Crippen molar-refractivity contribution in [2.75, 3.05) is 5.32 Å². The van der Waals surface area contributed by atoms with Crippen LogP contribution < -0.4 is 5.32 Å². The Balaban J connectivity index is 2.05. The van der Waals surface area contributed by atoms with Crippen molar-refractivity contribution in [2.45, 2.75) is 6.92 Å². The van der Waals surface area contributed by atoms with E-state index < -0.39 is 0 Å². The fourth-order valence-corrected chi connectivity index (χ4v) is 2.20. The number of anilines is 2. The molecular formula is C17H15NO. The number of hydrogen-bond donors (Lipinski definition) is 2. The number of nitrogens with one attached hydrogen (secondary N) is 1. The van der Waals surface area contributed by atoms with Gasteiger partial charge in [0.05, 0.1) is 0 Å². The van der Waals surface area contributed by atoms with Crippen LogP contribution >= 0.6 is 0 Å². The van der Waals surface area contributed by atoms with Crippen LogP contribution in [0.5, 0.6) is 5.75 Å². The van der Waals surface area contributed by atoms with Crippen molar-refractivity contribution in [3.63, 3.8) is 0 Å². The second kappa shape index (κ2) is 4.65. The molecule has 0 aliphatic rings. The minimum absolute atomic E-state index is 0.277. The number of phenols is 1. The van der Waals surface area contributed by atoms with Crippen LogP contribution in [0, 0.1) is 6.92 Å². The largest absolute Gasteiger partial charge is 0.508 e. The fraction of sp³-hybridized carbons (Fsp3) is 0.0588. The van der Waals surface area contributed by atoms with Crippen LogP contribution in [-0.2, 0) is 0 Å². The average Bonchev–Trinajstić information content (AvgIpc) is 2.42. The first-order chi connectivity index (χ1) is 9.22. The Morgan fingerprint density at radius 2 is 1.68 bits per heavy atom. The van der Waals surface area contributed by atoms with E-state index in [0.717, 1.165) is 11.4 Å². The van der Waals surface area contributed by atoms with Crippen LogP contribution in [0.15, 0.2) is 60.7 Å². The van der Waals surface area contributed by atoms with E-state index in [-0.39, 0.29) is 5.75 Å². The topological polar surface area (TPSA) is 32.3 Å². The third-order valence-corrected chi connectivity index (χ3v) is 3.18. The summed E-state index contributed by atoms with van der Waals surface area (Å²) >= 11 is 0. The van der Waals surface area contributed by atoms with Gasteiger partial charge in [0.1, 0.15) is 5.75 Å². The SMILES string of the molecule is Cc1ccc2cccc(Nc3ccc(O)cc3)c2c1. The van der Waals surface area contributed by atoms with Crippen molar-refractivity contribution in [1.82, 2.24) is 0 Å². The molecule has 19 heavy (non-hydrogen) atoms. The summed E-state index contributed by atoms with van der Waals surface area (Å²) in [7, 11) is 0. The summed E-state index contributed by atoms with van der Waals surface area (Å²) in [5.41, 5.74) is 3.28. The quantitative estimate of drug-likeness (QED) is 0.651. The molecule has 0 bridgehead atoms. The second-order valence-corrected chi connectivity index (χ2v) is 4.70. The number of fused-ring (bicyclic) bond motifs is 1. The van der Waals surface area contributed by atoms with Crippen LogP contribution in [0.4, 0.5) is 11.4 Å². The lowest BCUT2D eigenvalue weighted by molar-refractivity contribution is 0.475. The molecule has 0 unspecified atom stereocenters. The molecule has 0 atom stereocenters. The summed E-state index contributed by atoms with van der Waals surface area (Å²) in [5.74, 6) is 0.277. The summed E-state index contributed by atoms with van der Waals surface area (Å²) in [6.45, 7) is 2.09. The summed E-state index contributed by atoms with van der Waals surface area (Å²) < 4.78 is 0. The normalized spacial score (nSPS) is 10.6. The lowest BCUT2D eigenvalue weighted by atomic mass is 10.1. The molecule has 0 saturated heterocycles. The average molecular weight is 249 g/mol. The van der Waals surface area contributed by atoms with Gasteiger partial charge in [-0.1, -0.05) is 29.8 Å². The van der Waals surface area contributed by atoms with Crippen molar-refractivity contribution in [3.8, 4) is 5.75 Å². The standard InChI is InChI=1S/C17H15NO/c1-12-5-6-13-3-2-4-17(16(13)11-12)18-14-7-9-15(19)10-8-14/h2-11,18-19H,1H3. The molecule has 3 aromatic carbocycles. The predicted octanol–water partition coefficient (Wildman–Crippen LogP) is 4.60. The molecule has 0 aliphatic carbocycles. The molecule has 0 aromatic heterocycles. The van der Waals surface area contributed by atoms with E-state index in [1.54, 1.807) is 12.1 Å². The summed E-state index contributed by atoms with van der Waals surface area (Å²) in [6, 6.07) is 19.7. The van der Waals surface area contributed by atoms with Crippen LogP contribution in [-0.4, -0.2) is 5.11 Å². The summed E-state index contributed by atoms with van der Waals surface area (Å²) in [6.07, 6.45) is 0. The van der Waals surface area contributed by atoms with E-state index >= 15 is 0 Å². The number of benzene rings is 3. The molecule has 0 saturated carbocycles. The molecule has 0 spiro atoms. The molecule has 2 N–H and O–H groups in total. The lowest BCUT2D eigenvalue weighted by Crippen LogP contribution is -1.91. The molecule has 2 nitrogen and oxygen atoms in total. The van der Waals surface area contributed by atoms with Gasteiger partial charge < -0.3 is 10.4 Å². The third-order valence-electron chi connectivity index (χ3n) is 3.18. The first kappa shape index (κ1) is 11.6. The highest BCUT2D eigenvalue weighted by Gasteiger charge is 2.01. The number of aromatic hydroxyl groups is 1. The third kappa shape index (κ3) is 2.38. The first-order valence-corrected chi connectivity index (χ1v) is 6.28. The van der Waals surface area contributed by atoms with Crippen molar-refractivity contribution in [1.29, 1.82) is 0 Å². The van der Waals surface area contributed by atoms with E-state index in [0.29, 0.717) is 0 Å². The van der Waals surface area contributed by atoms with Crippen molar-refractivity contribution in [2.24, 2.45) is 0 Å². The molecule has 0 radical (unpaired) electrons. The maximum atomic E-state index is 9.30. The molecule has 3 rings (SSSR count). The Hall–Kier alpha value is -2.48. The van der Waals surface area contributed by atoms with Crippen molar-refractivity contribution in [3.05, 3.63) is 66.2 Å². The summed E-state index contributed by atoms with van der Waals surface area (Å²) in [5, 5.41) is 15.1. The van der Waals surface area contributed by atoms with Crippen molar-refractivity contribution >= 4 is 22.1 Å². The molecule has 0 fully saturated rings. The minimum Gasteiger partial charge on any atom is -0.508 e. The maximum absolute atomic E-state index is 9.30. The van der Waals surface area contributed by atoms with Crippen LogP contribution in [0.1, 0.15) is 5.56 Å². The van der Waals surface area contributed by atoms with Gasteiger partial charge in [0.15, 0.2) is 0 Å². The molecule has 2 heteroatoms. The highest BCUT2D eigenvalue weighted by molar-refractivity contribution is 5.95. The van der Waals surface area contributed by atoms with Gasteiger partial charge in [-0.25, -0.2) is 0 Å². The molecule has 0 aliphatic heterocycles. The lowest BCUT2D eigenvalue weighted by Gasteiger charge is -2.10. The van der Waals surface area contributed by atoms with E-state index in [1.807, 2.05) is 18.2 Å². The molecular weight excluding hydrogens is 234 g/mol. The Morgan fingerprint density at radius 1 is 0.895 bits per heavy atom. The van der Waals surface area contributed by atoms with Gasteiger partial charge in [-0.05, 0) is 48.7 Å². The van der Waals surface area contributed by atoms with Crippen molar-refractivity contribution < 1.29 is 5.11 Å². The van der Waals surface area contributed by atoms with E-state index in [9.17, 15) is 5.11 Å². The molecule has 0 heterocycles. The van der Waals surface area contributed by atoms with Gasteiger partial charge >= 0.3 is 0 Å². The maximum Gasteiger partial charge on any atom is 0.115 e. The van der Waals surface area contributed by atoms with Crippen LogP contribution in [0.25, 0.3) is 10.8 Å². The Kier molecular flexibility index (Phi) is 2.84. The zero-order valence-corrected chi connectivity index (χ0v) is 10.7. The van der Waals surface area contributed by atoms with E-state index in [2.05, 4.69) is 42.6 Å². The Bertz CT molecular complexity index is 717.